The SMILES string of the molecule is O=P(O)(O)CCCP(=O)(O)O.[Na+].[Na+]. The first-order valence-electron chi connectivity index (χ1n) is 2.80. The minimum Gasteiger partial charge on any atom is -0.324 e. The van der Waals surface area contributed by atoms with Crippen molar-refractivity contribution in [2.45, 2.75) is 6.42 Å². The first-order valence-corrected chi connectivity index (χ1v) is 6.39. The van der Waals surface area contributed by atoms with Gasteiger partial charge >= 0.3 is 74.3 Å². The molecule has 13 heavy (non-hydrogen) atoms. The van der Waals surface area contributed by atoms with Crippen LogP contribution in [0.5, 0.6) is 0 Å². The summed E-state index contributed by atoms with van der Waals surface area (Å²) in [5.41, 5.74) is 0. The summed E-state index contributed by atoms with van der Waals surface area (Å²) in [5.74, 6) is 0. The van der Waals surface area contributed by atoms with Crippen molar-refractivity contribution in [2.75, 3.05) is 12.3 Å². The second kappa shape index (κ2) is 8.45. The molecule has 10 heteroatoms. The van der Waals surface area contributed by atoms with E-state index in [4.69, 9.17) is 19.6 Å². The zero-order chi connectivity index (χ0) is 9.12. The van der Waals surface area contributed by atoms with Crippen LogP contribution in [-0.4, -0.2) is 31.9 Å². The predicted molar refractivity (Wildman–Crippen MR) is 38.4 cm³/mol. The Kier molecular flexibility index (Phi) is 13.4. The number of hydrogen-bond donors (Lipinski definition) is 4. The minimum absolute atomic E-state index is 0. The van der Waals surface area contributed by atoms with Crippen molar-refractivity contribution in [2.24, 2.45) is 0 Å². The molecule has 0 unspecified atom stereocenters. The number of hydrogen-bond acceptors (Lipinski definition) is 2. The summed E-state index contributed by atoms with van der Waals surface area (Å²) in [5, 5.41) is 0. The van der Waals surface area contributed by atoms with E-state index in [1.54, 1.807) is 0 Å². The van der Waals surface area contributed by atoms with Crippen LogP contribution >= 0.6 is 15.2 Å². The molecule has 4 N–H and O–H groups in total. The molecule has 0 aliphatic heterocycles. The third kappa shape index (κ3) is 20.4. The molecule has 0 fully saturated rings. The van der Waals surface area contributed by atoms with E-state index < -0.39 is 27.5 Å². The fraction of sp³-hybridized carbons (Fsp3) is 1.00. The molecule has 0 heterocycles. The Morgan fingerprint density at radius 1 is 0.769 bits per heavy atom. The average molecular weight is 250 g/mol. The quantitative estimate of drug-likeness (QED) is 0.291. The smallest absolute Gasteiger partial charge is 0.324 e. The standard InChI is InChI=1S/C3H10O6P2.2Na/c4-10(5,6)2-1-3-11(7,8)9;;/h1-3H2,(H2,4,5,6)(H2,7,8,9);;/q;2*+1. The van der Waals surface area contributed by atoms with Crippen LogP contribution in [0, 0.1) is 0 Å². The molecular formula is C3H10Na2O6P2+2. The van der Waals surface area contributed by atoms with Crippen LogP contribution in [0.15, 0.2) is 0 Å². The van der Waals surface area contributed by atoms with Crippen molar-refractivity contribution < 1.29 is 87.8 Å². The van der Waals surface area contributed by atoms with E-state index in [1.807, 2.05) is 0 Å². The topological polar surface area (TPSA) is 115 Å². The Bertz CT molecular complexity index is 186. The number of rotatable bonds is 4. The first-order chi connectivity index (χ1) is 4.71. The molecule has 0 rings (SSSR count). The molecule has 68 valence electrons. The van der Waals surface area contributed by atoms with E-state index in [0.29, 0.717) is 0 Å². The van der Waals surface area contributed by atoms with E-state index in [9.17, 15) is 9.13 Å². The first kappa shape index (κ1) is 20.7. The van der Waals surface area contributed by atoms with E-state index in [1.165, 1.54) is 0 Å². The normalized spacial score (nSPS) is 11.4. The molecule has 0 aliphatic carbocycles. The summed E-state index contributed by atoms with van der Waals surface area (Å²) in [7, 11) is -8.19. The maximum atomic E-state index is 10.2. The van der Waals surface area contributed by atoms with Gasteiger partial charge in [-0.1, -0.05) is 0 Å². The Morgan fingerprint density at radius 2 is 1.00 bits per heavy atom. The molecule has 0 aromatic rings. The second-order valence-electron chi connectivity index (χ2n) is 2.13. The summed E-state index contributed by atoms with van der Waals surface area (Å²) in [6, 6.07) is 0. The second-order valence-corrected chi connectivity index (χ2v) is 5.68. The molecule has 0 radical (unpaired) electrons. The third-order valence-electron chi connectivity index (χ3n) is 0.899. The maximum absolute atomic E-state index is 10.2. The molecule has 0 spiro atoms. The Hall–Kier alpha value is 2.30. The minimum atomic E-state index is -4.10. The Balaban J connectivity index is -0.000000500. The molecule has 0 amide bonds. The molecule has 0 bridgehead atoms. The third-order valence-corrected chi connectivity index (χ3v) is 2.70. The molecule has 6 nitrogen and oxygen atoms in total. The van der Waals surface area contributed by atoms with Crippen LogP contribution in [-0.2, 0) is 9.13 Å². The van der Waals surface area contributed by atoms with Gasteiger partial charge in [-0.15, -0.1) is 0 Å². The van der Waals surface area contributed by atoms with Crippen molar-refractivity contribution >= 4 is 15.2 Å². The summed E-state index contributed by atoms with van der Waals surface area (Å²) in [4.78, 5) is 33.1. The van der Waals surface area contributed by atoms with Gasteiger partial charge in [0.05, 0.1) is 12.3 Å². The predicted octanol–water partition coefficient (Wildman–Crippen LogP) is -6.26. The molecule has 0 atom stereocenters. The van der Waals surface area contributed by atoms with Crippen molar-refractivity contribution in [1.82, 2.24) is 0 Å². The van der Waals surface area contributed by atoms with Crippen LogP contribution in [0.3, 0.4) is 0 Å². The van der Waals surface area contributed by atoms with Gasteiger partial charge in [0.1, 0.15) is 0 Å². The molecule has 0 aromatic carbocycles. The maximum Gasteiger partial charge on any atom is 1.00 e. The van der Waals surface area contributed by atoms with Gasteiger partial charge in [0.25, 0.3) is 0 Å². The van der Waals surface area contributed by atoms with Crippen LogP contribution in [0.2, 0.25) is 0 Å². The zero-order valence-corrected chi connectivity index (χ0v) is 13.4. The van der Waals surface area contributed by atoms with Crippen LogP contribution in [0.4, 0.5) is 0 Å². The summed E-state index contributed by atoms with van der Waals surface area (Å²) < 4.78 is 20.3. The van der Waals surface area contributed by atoms with Crippen molar-refractivity contribution in [3.63, 3.8) is 0 Å². The largest absolute Gasteiger partial charge is 1.00 e. The van der Waals surface area contributed by atoms with E-state index in [2.05, 4.69) is 0 Å². The summed E-state index contributed by atoms with van der Waals surface area (Å²) >= 11 is 0. The van der Waals surface area contributed by atoms with Crippen LogP contribution in [0.25, 0.3) is 0 Å². The summed E-state index contributed by atoms with van der Waals surface area (Å²) in [6.45, 7) is 0. The van der Waals surface area contributed by atoms with E-state index in [-0.39, 0.29) is 65.5 Å². The molecular weight excluding hydrogens is 240 g/mol. The van der Waals surface area contributed by atoms with Gasteiger partial charge in [0.2, 0.25) is 0 Å². The molecule has 0 aliphatic rings. The van der Waals surface area contributed by atoms with Crippen molar-refractivity contribution in [1.29, 1.82) is 0 Å². The Morgan fingerprint density at radius 3 is 1.15 bits per heavy atom. The van der Waals surface area contributed by atoms with Gasteiger partial charge in [-0.25, -0.2) is 0 Å². The van der Waals surface area contributed by atoms with Crippen LogP contribution in [0.1, 0.15) is 6.42 Å². The van der Waals surface area contributed by atoms with Gasteiger partial charge in [0, 0.05) is 0 Å². The van der Waals surface area contributed by atoms with Gasteiger partial charge in [-0.3, -0.25) is 9.13 Å². The van der Waals surface area contributed by atoms with Gasteiger partial charge in [0.15, 0.2) is 0 Å². The molecule has 0 saturated heterocycles. The van der Waals surface area contributed by atoms with Crippen molar-refractivity contribution in [3.8, 4) is 0 Å². The monoisotopic (exact) mass is 250 g/mol. The van der Waals surface area contributed by atoms with Gasteiger partial charge < -0.3 is 19.6 Å². The summed E-state index contributed by atoms with van der Waals surface area (Å²) in [6.07, 6.45) is -1.11. The van der Waals surface area contributed by atoms with Crippen molar-refractivity contribution in [3.05, 3.63) is 0 Å². The van der Waals surface area contributed by atoms with Crippen LogP contribution < -0.4 is 59.1 Å². The average Bonchev–Trinajstić information content (AvgIpc) is 1.55. The molecule has 0 aromatic heterocycles. The van der Waals surface area contributed by atoms with Gasteiger partial charge in [-0.2, -0.15) is 0 Å². The van der Waals surface area contributed by atoms with E-state index in [0.717, 1.165) is 0 Å². The van der Waals surface area contributed by atoms with E-state index >= 15 is 0 Å². The Labute approximate surface area is 120 Å². The molecule has 0 saturated carbocycles. The fourth-order valence-corrected chi connectivity index (χ4v) is 1.87. The zero-order valence-electron chi connectivity index (χ0n) is 7.62. The fourth-order valence-electron chi connectivity index (χ4n) is 0.483. The van der Waals surface area contributed by atoms with Gasteiger partial charge in [-0.05, 0) is 6.42 Å².